The van der Waals surface area contributed by atoms with Gasteiger partial charge in [-0.3, -0.25) is 9.69 Å². The number of hydrogen-bond acceptors (Lipinski definition) is 4. The summed E-state index contributed by atoms with van der Waals surface area (Å²) in [5, 5.41) is 1.26. The molecule has 26 heavy (non-hydrogen) atoms. The van der Waals surface area contributed by atoms with Gasteiger partial charge in [-0.05, 0) is 42.8 Å². The molecule has 136 valence electrons. The summed E-state index contributed by atoms with van der Waals surface area (Å²) in [6.07, 6.45) is 0. The summed E-state index contributed by atoms with van der Waals surface area (Å²) in [6, 6.07) is 9.08. The summed E-state index contributed by atoms with van der Waals surface area (Å²) in [5.74, 6) is -1.05. The van der Waals surface area contributed by atoms with Gasteiger partial charge in [-0.15, -0.1) is 11.8 Å². The molecular weight excluding hydrogens is 398 g/mol. The van der Waals surface area contributed by atoms with Crippen molar-refractivity contribution in [1.29, 1.82) is 0 Å². The Morgan fingerprint density at radius 2 is 2.12 bits per heavy atom. The maximum absolute atomic E-state index is 13.3. The largest absolute Gasteiger partial charge is 0.290 e. The first kappa shape index (κ1) is 19.2. The lowest BCUT2D eigenvalue weighted by Crippen LogP contribution is -2.33. The minimum atomic E-state index is -0.919. The molecule has 2 aromatic rings. The Morgan fingerprint density at radius 3 is 2.88 bits per heavy atom. The van der Waals surface area contributed by atoms with Gasteiger partial charge in [0.2, 0.25) is 5.91 Å². The number of amidine groups is 1. The van der Waals surface area contributed by atoms with Crippen molar-refractivity contribution in [3.05, 3.63) is 58.6 Å². The van der Waals surface area contributed by atoms with Crippen LogP contribution in [0, 0.1) is 18.6 Å². The van der Waals surface area contributed by atoms with Crippen molar-refractivity contribution in [2.45, 2.75) is 11.8 Å². The van der Waals surface area contributed by atoms with Gasteiger partial charge in [0.1, 0.15) is 0 Å². The van der Waals surface area contributed by atoms with Crippen LogP contribution < -0.4 is 0 Å². The summed E-state index contributed by atoms with van der Waals surface area (Å²) in [5.41, 5.74) is 1.59. The van der Waals surface area contributed by atoms with Crippen molar-refractivity contribution in [2.75, 3.05) is 18.1 Å². The number of benzene rings is 2. The Morgan fingerprint density at radius 1 is 1.31 bits per heavy atom. The first-order chi connectivity index (χ1) is 12.5. The highest BCUT2D eigenvalue weighted by Crippen LogP contribution is 2.30. The van der Waals surface area contributed by atoms with Crippen LogP contribution in [0.4, 0.5) is 14.5 Å². The van der Waals surface area contributed by atoms with Crippen LogP contribution in [0.2, 0.25) is 5.02 Å². The molecule has 0 bridgehead atoms. The lowest BCUT2D eigenvalue weighted by Gasteiger charge is -2.16. The fraction of sp³-hybridized carbons (Fsp3) is 0.222. The number of nitrogens with zero attached hydrogens (tertiary/aromatic N) is 2. The number of thioether (sulfide) groups is 2. The molecule has 3 nitrogen and oxygen atoms in total. The highest BCUT2D eigenvalue weighted by Gasteiger charge is 2.26. The molecule has 1 aliphatic heterocycles. The summed E-state index contributed by atoms with van der Waals surface area (Å²) in [6.45, 7) is 2.45. The van der Waals surface area contributed by atoms with E-state index < -0.39 is 11.6 Å². The van der Waals surface area contributed by atoms with Gasteiger partial charge in [0, 0.05) is 22.2 Å². The van der Waals surface area contributed by atoms with Crippen LogP contribution in [0.1, 0.15) is 5.56 Å². The first-order valence-corrected chi connectivity index (χ1v) is 10.2. The third-order valence-electron chi connectivity index (χ3n) is 3.79. The number of rotatable bonds is 4. The Labute approximate surface area is 163 Å². The summed E-state index contributed by atoms with van der Waals surface area (Å²) < 4.78 is 26.2. The van der Waals surface area contributed by atoms with Crippen LogP contribution >= 0.6 is 35.1 Å². The standard InChI is InChI=1S/C18H15ClF2N2OS2/c1-11-13(19)3-2-4-16(11)22-18-23(7-8-25-18)17(24)10-26-12-5-6-14(20)15(21)9-12/h2-6,9H,7-8,10H2,1H3. The monoisotopic (exact) mass is 412 g/mol. The normalized spacial score (nSPS) is 15.7. The van der Waals surface area contributed by atoms with E-state index in [1.54, 1.807) is 11.0 Å². The van der Waals surface area contributed by atoms with Gasteiger partial charge in [-0.25, -0.2) is 13.8 Å². The van der Waals surface area contributed by atoms with Gasteiger partial charge in [-0.2, -0.15) is 0 Å². The molecule has 0 atom stereocenters. The van der Waals surface area contributed by atoms with E-state index in [0.717, 1.165) is 29.1 Å². The fourth-order valence-corrected chi connectivity index (χ4v) is 4.27. The van der Waals surface area contributed by atoms with Gasteiger partial charge < -0.3 is 0 Å². The molecule has 1 heterocycles. The first-order valence-electron chi connectivity index (χ1n) is 7.80. The van der Waals surface area contributed by atoms with Crippen LogP contribution in [0.25, 0.3) is 0 Å². The van der Waals surface area contributed by atoms with E-state index in [-0.39, 0.29) is 11.7 Å². The number of halogens is 3. The zero-order chi connectivity index (χ0) is 18.7. The number of amides is 1. The van der Waals surface area contributed by atoms with Crippen LogP contribution in [0.15, 0.2) is 46.3 Å². The van der Waals surface area contributed by atoms with Gasteiger partial charge in [-0.1, -0.05) is 29.4 Å². The molecule has 3 rings (SSSR count). The second-order valence-corrected chi connectivity index (χ2v) is 8.05. The fourth-order valence-electron chi connectivity index (χ4n) is 2.34. The van der Waals surface area contributed by atoms with Gasteiger partial charge >= 0.3 is 0 Å². The number of carbonyl (C=O) groups is 1. The van der Waals surface area contributed by atoms with Crippen molar-refractivity contribution < 1.29 is 13.6 Å². The molecular formula is C18H15ClF2N2OS2. The SMILES string of the molecule is Cc1c(Cl)cccc1N=C1SCCN1C(=O)CSc1ccc(F)c(F)c1. The number of carbonyl (C=O) groups excluding carboxylic acids is 1. The predicted molar refractivity (Wildman–Crippen MR) is 105 cm³/mol. The van der Waals surface area contributed by atoms with Crippen molar-refractivity contribution >= 4 is 51.9 Å². The Hall–Kier alpha value is -1.57. The van der Waals surface area contributed by atoms with Crippen LogP contribution in [0.5, 0.6) is 0 Å². The summed E-state index contributed by atoms with van der Waals surface area (Å²) in [4.78, 5) is 19.3. The van der Waals surface area contributed by atoms with Gasteiger partial charge in [0.25, 0.3) is 0 Å². The molecule has 0 unspecified atom stereocenters. The van der Waals surface area contributed by atoms with E-state index in [9.17, 15) is 13.6 Å². The lowest BCUT2D eigenvalue weighted by atomic mass is 10.2. The van der Waals surface area contributed by atoms with Crippen molar-refractivity contribution in [3.8, 4) is 0 Å². The van der Waals surface area contributed by atoms with E-state index in [1.807, 2.05) is 19.1 Å². The van der Waals surface area contributed by atoms with Crippen LogP contribution in [-0.4, -0.2) is 34.0 Å². The molecule has 0 aliphatic carbocycles. The molecule has 1 amide bonds. The average molecular weight is 413 g/mol. The number of aliphatic imine (C=N–C) groups is 1. The maximum atomic E-state index is 13.3. The van der Waals surface area contributed by atoms with E-state index >= 15 is 0 Å². The Balaban J connectivity index is 1.71. The zero-order valence-corrected chi connectivity index (χ0v) is 16.2. The minimum absolute atomic E-state index is 0.122. The Kier molecular flexibility index (Phi) is 6.21. The van der Waals surface area contributed by atoms with Crippen LogP contribution in [0.3, 0.4) is 0 Å². The maximum Gasteiger partial charge on any atom is 0.238 e. The van der Waals surface area contributed by atoms with E-state index in [2.05, 4.69) is 4.99 Å². The smallest absolute Gasteiger partial charge is 0.238 e. The molecule has 1 aliphatic rings. The zero-order valence-electron chi connectivity index (χ0n) is 13.8. The molecule has 0 spiro atoms. The summed E-state index contributed by atoms with van der Waals surface area (Å²) >= 11 is 8.80. The quantitative estimate of drug-likeness (QED) is 0.640. The molecule has 1 fully saturated rings. The van der Waals surface area contributed by atoms with Gasteiger partial charge in [0.05, 0.1) is 11.4 Å². The van der Waals surface area contributed by atoms with Crippen molar-refractivity contribution in [3.63, 3.8) is 0 Å². The number of hydrogen-bond donors (Lipinski definition) is 0. The second-order valence-electron chi connectivity index (χ2n) is 5.54. The minimum Gasteiger partial charge on any atom is -0.290 e. The molecule has 8 heteroatoms. The van der Waals surface area contributed by atoms with Crippen LogP contribution in [-0.2, 0) is 4.79 Å². The average Bonchev–Trinajstić information content (AvgIpc) is 3.08. The van der Waals surface area contributed by atoms with Gasteiger partial charge in [0.15, 0.2) is 16.8 Å². The third kappa shape index (κ3) is 4.39. The second kappa shape index (κ2) is 8.41. The van der Waals surface area contributed by atoms with E-state index in [4.69, 9.17) is 11.6 Å². The molecule has 2 aromatic carbocycles. The predicted octanol–water partition coefficient (Wildman–Crippen LogP) is 5.28. The topological polar surface area (TPSA) is 32.7 Å². The molecule has 0 saturated carbocycles. The van der Waals surface area contributed by atoms with Crippen molar-refractivity contribution in [2.24, 2.45) is 4.99 Å². The highest BCUT2D eigenvalue weighted by molar-refractivity contribution is 8.14. The molecule has 0 radical (unpaired) electrons. The van der Waals surface area contributed by atoms with E-state index in [1.165, 1.54) is 29.6 Å². The highest BCUT2D eigenvalue weighted by atomic mass is 35.5. The lowest BCUT2D eigenvalue weighted by molar-refractivity contribution is -0.124. The van der Waals surface area contributed by atoms with E-state index in [0.29, 0.717) is 21.6 Å². The van der Waals surface area contributed by atoms with Crippen molar-refractivity contribution in [1.82, 2.24) is 4.90 Å². The Bertz CT molecular complexity index is 876. The summed E-state index contributed by atoms with van der Waals surface area (Å²) in [7, 11) is 0. The molecule has 0 aromatic heterocycles. The third-order valence-corrected chi connectivity index (χ3v) is 6.13. The molecule has 0 N–H and O–H groups in total. The molecule has 1 saturated heterocycles.